The zero-order chi connectivity index (χ0) is 15.8. The van der Waals surface area contributed by atoms with Gasteiger partial charge in [0.15, 0.2) is 0 Å². The number of rotatable bonds is 8. The Bertz CT molecular complexity index is 485. The molecule has 1 aromatic rings. The highest BCUT2D eigenvalue weighted by molar-refractivity contribution is 5.77. The minimum Gasteiger partial charge on any atom is -0.493 e. The van der Waals surface area contributed by atoms with Crippen LogP contribution in [0.2, 0.25) is 0 Å². The van der Waals surface area contributed by atoms with Gasteiger partial charge in [0.25, 0.3) is 0 Å². The number of carbonyl (C=O) groups excluding carboxylic acids is 1. The second-order valence-corrected chi connectivity index (χ2v) is 5.43. The molecule has 2 N–H and O–H groups in total. The van der Waals surface area contributed by atoms with E-state index < -0.39 is 5.97 Å². The van der Waals surface area contributed by atoms with Crippen molar-refractivity contribution in [3.8, 4) is 5.75 Å². The first kappa shape index (κ1) is 17.0. The van der Waals surface area contributed by atoms with E-state index in [4.69, 9.17) is 9.84 Å². The molecule has 0 fully saturated rings. The molecule has 0 saturated heterocycles. The molecule has 1 aromatic carbocycles. The molecule has 0 heterocycles. The standard InChI is InChI=1S/C16H23NO4/c1-11(2)14(10-16(19)20)17-15(18)7-8-21-13-6-4-5-12(3)9-13/h4-6,9,11,14H,7-8,10H2,1-3H3,(H,17,18)(H,19,20). The van der Waals surface area contributed by atoms with Crippen LogP contribution < -0.4 is 10.1 Å². The zero-order valence-electron chi connectivity index (χ0n) is 12.8. The maximum absolute atomic E-state index is 11.8. The van der Waals surface area contributed by atoms with Crippen molar-refractivity contribution in [1.82, 2.24) is 5.32 Å². The van der Waals surface area contributed by atoms with Crippen LogP contribution in [0.1, 0.15) is 32.3 Å². The largest absolute Gasteiger partial charge is 0.493 e. The van der Waals surface area contributed by atoms with E-state index in [1.807, 2.05) is 45.0 Å². The lowest BCUT2D eigenvalue weighted by atomic mass is 10.0. The topological polar surface area (TPSA) is 75.6 Å². The van der Waals surface area contributed by atoms with Crippen molar-refractivity contribution < 1.29 is 19.4 Å². The summed E-state index contributed by atoms with van der Waals surface area (Å²) in [6.45, 7) is 6.01. The average molecular weight is 293 g/mol. The van der Waals surface area contributed by atoms with Crippen molar-refractivity contribution in [1.29, 1.82) is 0 Å². The van der Waals surface area contributed by atoms with Gasteiger partial charge >= 0.3 is 5.97 Å². The third kappa shape index (κ3) is 6.79. The zero-order valence-corrected chi connectivity index (χ0v) is 12.8. The molecule has 1 rings (SSSR count). The van der Waals surface area contributed by atoms with Crippen LogP contribution in [0.15, 0.2) is 24.3 Å². The predicted octanol–water partition coefficient (Wildman–Crippen LogP) is 2.38. The number of benzene rings is 1. The van der Waals surface area contributed by atoms with Crippen molar-refractivity contribution >= 4 is 11.9 Å². The summed E-state index contributed by atoms with van der Waals surface area (Å²) in [7, 11) is 0. The van der Waals surface area contributed by atoms with Crippen LogP contribution in [-0.2, 0) is 9.59 Å². The summed E-state index contributed by atoms with van der Waals surface area (Å²) < 4.78 is 5.50. The van der Waals surface area contributed by atoms with Crippen LogP contribution in [0, 0.1) is 12.8 Å². The van der Waals surface area contributed by atoms with E-state index in [-0.39, 0.29) is 37.3 Å². The molecule has 21 heavy (non-hydrogen) atoms. The third-order valence-corrected chi connectivity index (χ3v) is 3.13. The van der Waals surface area contributed by atoms with Crippen molar-refractivity contribution in [3.63, 3.8) is 0 Å². The van der Waals surface area contributed by atoms with Gasteiger partial charge in [-0.3, -0.25) is 9.59 Å². The lowest BCUT2D eigenvalue weighted by Gasteiger charge is -2.20. The summed E-state index contributed by atoms with van der Waals surface area (Å²) >= 11 is 0. The SMILES string of the molecule is Cc1cccc(OCCC(=O)NC(CC(=O)O)C(C)C)c1. The van der Waals surface area contributed by atoms with E-state index in [1.54, 1.807) is 0 Å². The van der Waals surface area contributed by atoms with Gasteiger partial charge in [0, 0.05) is 6.04 Å². The molecule has 0 aromatic heterocycles. The molecule has 5 heteroatoms. The van der Waals surface area contributed by atoms with Gasteiger partial charge in [-0.25, -0.2) is 0 Å². The Kier molecular flexibility index (Phi) is 6.72. The Labute approximate surface area is 125 Å². The second-order valence-electron chi connectivity index (χ2n) is 5.43. The third-order valence-electron chi connectivity index (χ3n) is 3.13. The number of amides is 1. The summed E-state index contributed by atoms with van der Waals surface area (Å²) in [5, 5.41) is 11.6. The minimum absolute atomic E-state index is 0.0673. The first-order valence-electron chi connectivity index (χ1n) is 7.09. The summed E-state index contributed by atoms with van der Waals surface area (Å²) in [5.41, 5.74) is 1.10. The molecule has 1 unspecified atom stereocenters. The smallest absolute Gasteiger partial charge is 0.305 e. The lowest BCUT2D eigenvalue weighted by molar-refractivity contribution is -0.138. The Morgan fingerprint density at radius 3 is 2.62 bits per heavy atom. The van der Waals surface area contributed by atoms with Gasteiger partial charge in [-0.15, -0.1) is 0 Å². The van der Waals surface area contributed by atoms with Gasteiger partial charge in [-0.1, -0.05) is 26.0 Å². The second kappa shape index (κ2) is 8.29. The normalized spacial score (nSPS) is 12.0. The molecule has 0 radical (unpaired) electrons. The first-order valence-corrected chi connectivity index (χ1v) is 7.09. The molecule has 0 aliphatic carbocycles. The Morgan fingerprint density at radius 2 is 2.05 bits per heavy atom. The summed E-state index contributed by atoms with van der Waals surface area (Å²) in [5.74, 6) is -0.302. The van der Waals surface area contributed by atoms with E-state index in [0.29, 0.717) is 0 Å². The first-order chi connectivity index (χ1) is 9.88. The summed E-state index contributed by atoms with van der Waals surface area (Å²) in [4.78, 5) is 22.6. The highest BCUT2D eigenvalue weighted by Crippen LogP contribution is 2.12. The van der Waals surface area contributed by atoms with Gasteiger partial charge in [0.1, 0.15) is 5.75 Å². The molecule has 1 atom stereocenters. The lowest BCUT2D eigenvalue weighted by Crippen LogP contribution is -2.40. The number of aryl methyl sites for hydroxylation is 1. The number of hydrogen-bond donors (Lipinski definition) is 2. The van der Waals surface area contributed by atoms with Crippen LogP contribution in [-0.4, -0.2) is 29.6 Å². The van der Waals surface area contributed by atoms with Gasteiger partial charge in [0.2, 0.25) is 5.91 Å². The summed E-state index contributed by atoms with van der Waals surface area (Å²) in [6.07, 6.45) is 0.138. The monoisotopic (exact) mass is 293 g/mol. The molecule has 0 bridgehead atoms. The maximum Gasteiger partial charge on any atom is 0.305 e. The number of ether oxygens (including phenoxy) is 1. The van der Waals surface area contributed by atoms with Crippen molar-refractivity contribution in [2.75, 3.05) is 6.61 Å². The molecular formula is C16H23NO4. The Morgan fingerprint density at radius 1 is 1.33 bits per heavy atom. The molecule has 0 saturated carbocycles. The molecule has 0 spiro atoms. The number of aliphatic carboxylic acids is 1. The van der Waals surface area contributed by atoms with E-state index in [9.17, 15) is 9.59 Å². The van der Waals surface area contributed by atoms with Crippen LogP contribution in [0.5, 0.6) is 5.75 Å². The van der Waals surface area contributed by atoms with Crippen LogP contribution in [0.4, 0.5) is 0 Å². The molecule has 116 valence electrons. The van der Waals surface area contributed by atoms with Gasteiger partial charge in [0.05, 0.1) is 19.4 Å². The fraction of sp³-hybridized carbons (Fsp3) is 0.500. The predicted molar refractivity (Wildman–Crippen MR) is 80.3 cm³/mol. The van der Waals surface area contributed by atoms with Crippen LogP contribution >= 0.6 is 0 Å². The number of carboxylic acids is 1. The Hall–Kier alpha value is -2.04. The summed E-state index contributed by atoms with van der Waals surface area (Å²) in [6, 6.07) is 7.25. The highest BCUT2D eigenvalue weighted by Gasteiger charge is 2.19. The molecule has 0 aliphatic rings. The average Bonchev–Trinajstić information content (AvgIpc) is 2.37. The molecular weight excluding hydrogens is 270 g/mol. The van der Waals surface area contributed by atoms with E-state index in [0.717, 1.165) is 11.3 Å². The number of nitrogens with one attached hydrogen (secondary N) is 1. The van der Waals surface area contributed by atoms with E-state index >= 15 is 0 Å². The number of carboxylic acid groups (broad SMARTS) is 1. The maximum atomic E-state index is 11.8. The quantitative estimate of drug-likeness (QED) is 0.771. The van der Waals surface area contributed by atoms with Gasteiger partial charge in [-0.05, 0) is 30.5 Å². The molecule has 0 aliphatic heterocycles. The highest BCUT2D eigenvalue weighted by atomic mass is 16.5. The molecule has 1 amide bonds. The fourth-order valence-corrected chi connectivity index (χ4v) is 1.89. The van der Waals surface area contributed by atoms with Crippen LogP contribution in [0.25, 0.3) is 0 Å². The fourth-order valence-electron chi connectivity index (χ4n) is 1.89. The van der Waals surface area contributed by atoms with Crippen molar-refractivity contribution in [2.45, 2.75) is 39.7 Å². The number of hydrogen-bond acceptors (Lipinski definition) is 3. The van der Waals surface area contributed by atoms with Gasteiger partial charge in [-0.2, -0.15) is 0 Å². The molecule has 5 nitrogen and oxygen atoms in total. The van der Waals surface area contributed by atoms with Crippen molar-refractivity contribution in [2.24, 2.45) is 5.92 Å². The van der Waals surface area contributed by atoms with Crippen LogP contribution in [0.3, 0.4) is 0 Å². The van der Waals surface area contributed by atoms with Crippen molar-refractivity contribution in [3.05, 3.63) is 29.8 Å². The minimum atomic E-state index is -0.912. The van der Waals surface area contributed by atoms with E-state index in [1.165, 1.54) is 0 Å². The Balaban J connectivity index is 2.37. The van der Waals surface area contributed by atoms with E-state index in [2.05, 4.69) is 5.32 Å². The number of carbonyl (C=O) groups is 2. The van der Waals surface area contributed by atoms with Gasteiger partial charge < -0.3 is 15.2 Å².